The Balaban J connectivity index is 1.45. The Morgan fingerprint density at radius 3 is 2.48 bits per heavy atom. The number of nitrogens with zero attached hydrogens (tertiary/aromatic N) is 4. The molecule has 40 heavy (non-hydrogen) atoms. The van der Waals surface area contributed by atoms with Crippen molar-refractivity contribution in [1.29, 1.82) is 0 Å². The van der Waals surface area contributed by atoms with Crippen LogP contribution in [0.3, 0.4) is 0 Å². The van der Waals surface area contributed by atoms with Gasteiger partial charge in [0.05, 0.1) is 22.5 Å². The molecule has 4 aromatic rings. The van der Waals surface area contributed by atoms with E-state index >= 15 is 0 Å². The standard InChI is InChI=1S/C31H35N5O4/c1-6-26(29(37)33-28-20(4)34(5)36(30(28)38)21-12-8-7-9-13-21)40-31(39)27-22-14-10-11-15-24(22)32-25-16-17-35(19(2)3)18-23(25)27/h7-15,19,26H,6,16-18H2,1-5H3,(H,33,37). The van der Waals surface area contributed by atoms with Crippen molar-refractivity contribution in [2.24, 2.45) is 7.05 Å². The van der Waals surface area contributed by atoms with Crippen LogP contribution in [-0.4, -0.2) is 49.8 Å². The molecular weight excluding hydrogens is 506 g/mol. The van der Waals surface area contributed by atoms with Crippen LogP contribution in [0.15, 0.2) is 59.4 Å². The first kappa shape index (κ1) is 27.3. The van der Waals surface area contributed by atoms with Crippen LogP contribution in [0, 0.1) is 6.92 Å². The minimum Gasteiger partial charge on any atom is -0.449 e. The summed E-state index contributed by atoms with van der Waals surface area (Å²) in [6.45, 7) is 9.25. The number of carbonyl (C=O) groups excluding carboxylic acids is 2. The van der Waals surface area contributed by atoms with E-state index in [9.17, 15) is 14.4 Å². The molecule has 1 aliphatic rings. The summed E-state index contributed by atoms with van der Waals surface area (Å²) in [5, 5.41) is 3.45. The van der Waals surface area contributed by atoms with Gasteiger partial charge in [-0.25, -0.2) is 9.48 Å². The highest BCUT2D eigenvalue weighted by Gasteiger charge is 2.31. The van der Waals surface area contributed by atoms with Crippen LogP contribution in [-0.2, 0) is 29.5 Å². The van der Waals surface area contributed by atoms with Gasteiger partial charge >= 0.3 is 5.97 Å². The molecule has 2 aromatic carbocycles. The average molecular weight is 542 g/mol. The highest BCUT2D eigenvalue weighted by atomic mass is 16.5. The van der Waals surface area contributed by atoms with Gasteiger partial charge in [0.15, 0.2) is 6.10 Å². The van der Waals surface area contributed by atoms with Crippen LogP contribution in [0.5, 0.6) is 0 Å². The Kier molecular flexibility index (Phi) is 7.58. The van der Waals surface area contributed by atoms with E-state index in [0.717, 1.165) is 29.7 Å². The number of esters is 1. The number of para-hydroxylation sites is 2. The lowest BCUT2D eigenvalue weighted by Crippen LogP contribution is -2.38. The first-order chi connectivity index (χ1) is 19.2. The number of amides is 1. The number of rotatable bonds is 7. The van der Waals surface area contributed by atoms with Crippen LogP contribution in [0.1, 0.15) is 54.5 Å². The molecule has 0 saturated heterocycles. The predicted molar refractivity (Wildman–Crippen MR) is 155 cm³/mol. The quantitative estimate of drug-likeness (QED) is 0.349. The molecule has 0 bridgehead atoms. The SMILES string of the molecule is CCC(OC(=O)c1c2c(nc3ccccc13)CCN(C(C)C)C2)C(=O)Nc1c(C)n(C)n(-c2ccccc2)c1=O. The molecule has 2 aromatic heterocycles. The van der Waals surface area contributed by atoms with E-state index in [1.807, 2.05) is 54.6 Å². The number of nitrogens with one attached hydrogen (secondary N) is 1. The van der Waals surface area contributed by atoms with E-state index < -0.39 is 18.0 Å². The van der Waals surface area contributed by atoms with Gasteiger partial charge in [-0.3, -0.25) is 24.2 Å². The fourth-order valence-electron chi connectivity index (χ4n) is 5.31. The van der Waals surface area contributed by atoms with E-state index in [1.165, 1.54) is 4.68 Å². The predicted octanol–water partition coefficient (Wildman–Crippen LogP) is 4.37. The van der Waals surface area contributed by atoms with Crippen LogP contribution in [0.2, 0.25) is 0 Å². The Morgan fingerprint density at radius 1 is 1.07 bits per heavy atom. The third-order valence-corrected chi connectivity index (χ3v) is 7.73. The summed E-state index contributed by atoms with van der Waals surface area (Å²) >= 11 is 0. The number of benzene rings is 2. The largest absolute Gasteiger partial charge is 0.449 e. The molecule has 3 heterocycles. The van der Waals surface area contributed by atoms with Crippen molar-refractivity contribution in [2.45, 2.75) is 59.2 Å². The van der Waals surface area contributed by atoms with Gasteiger partial charge in [0.2, 0.25) is 0 Å². The molecule has 208 valence electrons. The van der Waals surface area contributed by atoms with Gasteiger partial charge in [0.25, 0.3) is 11.5 Å². The van der Waals surface area contributed by atoms with Crippen molar-refractivity contribution in [3.63, 3.8) is 0 Å². The zero-order valence-corrected chi connectivity index (χ0v) is 23.6. The summed E-state index contributed by atoms with van der Waals surface area (Å²) in [6, 6.07) is 17.0. The second-order valence-electron chi connectivity index (χ2n) is 10.5. The number of pyridine rings is 1. The molecule has 1 atom stereocenters. The van der Waals surface area contributed by atoms with E-state index in [0.29, 0.717) is 34.9 Å². The molecule has 1 aliphatic heterocycles. The van der Waals surface area contributed by atoms with E-state index in [4.69, 9.17) is 9.72 Å². The third kappa shape index (κ3) is 4.93. The minimum absolute atomic E-state index is 0.158. The average Bonchev–Trinajstić information content (AvgIpc) is 3.17. The summed E-state index contributed by atoms with van der Waals surface area (Å²) in [5.41, 5.74) is 4.00. The second kappa shape index (κ2) is 11.1. The number of aromatic nitrogens is 3. The number of hydrogen-bond acceptors (Lipinski definition) is 6. The molecule has 1 N–H and O–H groups in total. The maximum Gasteiger partial charge on any atom is 0.340 e. The van der Waals surface area contributed by atoms with Gasteiger partial charge in [0, 0.05) is 49.2 Å². The zero-order valence-electron chi connectivity index (χ0n) is 23.6. The smallest absolute Gasteiger partial charge is 0.340 e. The summed E-state index contributed by atoms with van der Waals surface area (Å²) in [6.07, 6.45) is -0.0965. The van der Waals surface area contributed by atoms with Crippen molar-refractivity contribution in [2.75, 3.05) is 11.9 Å². The number of anilines is 1. The maximum atomic E-state index is 13.8. The molecule has 9 heteroatoms. The molecule has 0 radical (unpaired) electrons. The van der Waals surface area contributed by atoms with Crippen molar-refractivity contribution in [3.05, 3.63) is 87.5 Å². The molecule has 5 rings (SSSR count). The number of fused-ring (bicyclic) bond motifs is 2. The van der Waals surface area contributed by atoms with Crippen molar-refractivity contribution in [1.82, 2.24) is 19.2 Å². The first-order valence-electron chi connectivity index (χ1n) is 13.7. The first-order valence-corrected chi connectivity index (χ1v) is 13.7. The molecule has 0 spiro atoms. The summed E-state index contributed by atoms with van der Waals surface area (Å²) < 4.78 is 9.06. The molecule has 0 fully saturated rings. The summed E-state index contributed by atoms with van der Waals surface area (Å²) in [7, 11) is 1.76. The Morgan fingerprint density at radius 2 is 1.77 bits per heavy atom. The van der Waals surface area contributed by atoms with Crippen LogP contribution in [0.25, 0.3) is 16.6 Å². The van der Waals surface area contributed by atoms with Gasteiger partial charge in [-0.1, -0.05) is 43.3 Å². The lowest BCUT2D eigenvalue weighted by Gasteiger charge is -2.32. The minimum atomic E-state index is -1.08. The normalized spacial score (nSPS) is 14.2. The van der Waals surface area contributed by atoms with E-state index in [2.05, 4.69) is 24.1 Å². The van der Waals surface area contributed by atoms with Crippen molar-refractivity contribution >= 4 is 28.5 Å². The van der Waals surface area contributed by atoms with Crippen molar-refractivity contribution < 1.29 is 14.3 Å². The fourth-order valence-corrected chi connectivity index (χ4v) is 5.31. The van der Waals surface area contributed by atoms with E-state index in [-0.39, 0.29) is 17.7 Å². The van der Waals surface area contributed by atoms with Gasteiger partial charge in [0.1, 0.15) is 5.69 Å². The summed E-state index contributed by atoms with van der Waals surface area (Å²) in [5.74, 6) is -1.10. The molecule has 0 aliphatic carbocycles. The summed E-state index contributed by atoms with van der Waals surface area (Å²) in [4.78, 5) is 47.6. The number of ether oxygens (including phenoxy) is 1. The highest BCUT2D eigenvalue weighted by molar-refractivity contribution is 6.06. The lowest BCUT2D eigenvalue weighted by molar-refractivity contribution is -0.124. The molecule has 1 unspecified atom stereocenters. The van der Waals surface area contributed by atoms with Gasteiger partial charge in [-0.2, -0.15) is 0 Å². The van der Waals surface area contributed by atoms with Crippen LogP contribution in [0.4, 0.5) is 5.69 Å². The van der Waals surface area contributed by atoms with Gasteiger partial charge in [-0.15, -0.1) is 0 Å². The van der Waals surface area contributed by atoms with Crippen LogP contribution >= 0.6 is 0 Å². The number of carbonyl (C=O) groups is 2. The lowest BCUT2D eigenvalue weighted by atomic mass is 9.95. The highest BCUT2D eigenvalue weighted by Crippen LogP contribution is 2.30. The van der Waals surface area contributed by atoms with Crippen LogP contribution < -0.4 is 10.9 Å². The Hall–Kier alpha value is -4.24. The third-order valence-electron chi connectivity index (χ3n) is 7.73. The Labute approximate surface area is 233 Å². The monoisotopic (exact) mass is 541 g/mol. The Bertz CT molecular complexity index is 1640. The topological polar surface area (TPSA) is 98.5 Å². The fraction of sp³-hybridized carbons (Fsp3) is 0.355. The molecule has 0 saturated carbocycles. The molecule has 9 nitrogen and oxygen atoms in total. The van der Waals surface area contributed by atoms with Crippen molar-refractivity contribution in [3.8, 4) is 5.69 Å². The second-order valence-corrected chi connectivity index (χ2v) is 10.5. The van der Waals surface area contributed by atoms with Gasteiger partial charge < -0.3 is 10.1 Å². The molecular formula is C31H35N5O4. The van der Waals surface area contributed by atoms with E-state index in [1.54, 1.807) is 25.6 Å². The molecule has 1 amide bonds. The zero-order chi connectivity index (χ0) is 28.6. The maximum absolute atomic E-state index is 13.8. The van der Waals surface area contributed by atoms with Gasteiger partial charge in [-0.05, 0) is 45.4 Å². The number of hydrogen-bond donors (Lipinski definition) is 1.